The first-order valence-electron chi connectivity index (χ1n) is 6.13. The fraction of sp³-hybridized carbons (Fsp3) is 0.833. The molecule has 104 valence electrons. The number of esters is 1. The summed E-state index contributed by atoms with van der Waals surface area (Å²) in [7, 11) is 3.12. The Hall–Kier alpha value is -1.14. The van der Waals surface area contributed by atoms with Crippen molar-refractivity contribution in [2.45, 2.75) is 26.0 Å². The molecule has 0 radical (unpaired) electrons. The molecule has 1 aliphatic rings. The number of carbonyl (C=O) groups is 2. The van der Waals surface area contributed by atoms with E-state index >= 15 is 0 Å². The molecule has 6 nitrogen and oxygen atoms in total. The number of likely N-dealkylation sites (N-methyl/N-ethyl adjacent to an activating group) is 1. The van der Waals surface area contributed by atoms with Crippen molar-refractivity contribution in [1.29, 1.82) is 0 Å². The highest BCUT2D eigenvalue weighted by Gasteiger charge is 2.28. The number of hydrogen-bond donors (Lipinski definition) is 0. The van der Waals surface area contributed by atoms with Gasteiger partial charge in [0.1, 0.15) is 0 Å². The summed E-state index contributed by atoms with van der Waals surface area (Å²) in [4.78, 5) is 26.9. The Morgan fingerprint density at radius 2 is 2.17 bits per heavy atom. The van der Waals surface area contributed by atoms with Gasteiger partial charge in [-0.05, 0) is 13.8 Å². The number of nitrogens with zero attached hydrogens (tertiary/aromatic N) is 2. The van der Waals surface area contributed by atoms with Gasteiger partial charge in [0.25, 0.3) is 0 Å². The molecular weight excluding hydrogens is 236 g/mol. The molecule has 0 aliphatic carbocycles. The summed E-state index contributed by atoms with van der Waals surface area (Å²) in [6, 6.07) is 0.176. The standard InChI is InChI=1S/C12H22N2O4/c1-9(2)13(3)11(15)8-14-5-6-18-10(7-14)12(16)17-4/h9-10H,5-8H2,1-4H3. The summed E-state index contributed by atoms with van der Waals surface area (Å²) < 4.78 is 9.95. The second kappa shape index (κ2) is 6.70. The summed E-state index contributed by atoms with van der Waals surface area (Å²) in [6.07, 6.45) is -0.582. The lowest BCUT2D eigenvalue weighted by molar-refractivity contribution is -0.161. The Labute approximate surface area is 108 Å². The number of morpholine rings is 1. The van der Waals surface area contributed by atoms with Gasteiger partial charge in [-0.25, -0.2) is 4.79 Å². The zero-order valence-electron chi connectivity index (χ0n) is 11.5. The molecule has 1 heterocycles. The minimum Gasteiger partial charge on any atom is -0.467 e. The van der Waals surface area contributed by atoms with E-state index in [-0.39, 0.29) is 17.9 Å². The average Bonchev–Trinajstić information content (AvgIpc) is 2.36. The number of hydrogen-bond acceptors (Lipinski definition) is 5. The van der Waals surface area contributed by atoms with Gasteiger partial charge in [0.05, 0.1) is 20.3 Å². The maximum absolute atomic E-state index is 11.9. The fourth-order valence-electron chi connectivity index (χ4n) is 1.71. The van der Waals surface area contributed by atoms with Gasteiger partial charge < -0.3 is 14.4 Å². The highest BCUT2D eigenvalue weighted by atomic mass is 16.6. The number of ether oxygens (including phenoxy) is 2. The Kier molecular flexibility index (Phi) is 5.55. The van der Waals surface area contributed by atoms with Gasteiger partial charge in [0.15, 0.2) is 6.10 Å². The lowest BCUT2D eigenvalue weighted by Crippen LogP contribution is -2.50. The van der Waals surface area contributed by atoms with Crippen molar-refractivity contribution in [3.63, 3.8) is 0 Å². The van der Waals surface area contributed by atoms with Crippen molar-refractivity contribution in [2.24, 2.45) is 0 Å². The molecule has 0 aromatic carbocycles. The zero-order chi connectivity index (χ0) is 13.7. The first-order chi connectivity index (χ1) is 8.45. The quantitative estimate of drug-likeness (QED) is 0.650. The molecule has 1 aliphatic heterocycles. The maximum atomic E-state index is 11.9. The highest BCUT2D eigenvalue weighted by molar-refractivity contribution is 5.78. The van der Waals surface area contributed by atoms with Gasteiger partial charge in [0.2, 0.25) is 5.91 Å². The van der Waals surface area contributed by atoms with Gasteiger partial charge >= 0.3 is 5.97 Å². The van der Waals surface area contributed by atoms with Gasteiger partial charge in [-0.3, -0.25) is 9.69 Å². The second-order valence-corrected chi connectivity index (χ2v) is 4.72. The Balaban J connectivity index is 2.47. The number of rotatable bonds is 4. The number of amides is 1. The van der Waals surface area contributed by atoms with Crippen LogP contribution in [0.1, 0.15) is 13.8 Å². The Bertz CT molecular complexity index is 306. The number of methoxy groups -OCH3 is 1. The molecular formula is C12H22N2O4. The molecule has 1 atom stereocenters. The van der Waals surface area contributed by atoms with Gasteiger partial charge in [-0.1, -0.05) is 0 Å². The third-order valence-corrected chi connectivity index (χ3v) is 3.14. The normalized spacial score (nSPS) is 20.8. The van der Waals surface area contributed by atoms with E-state index in [0.29, 0.717) is 26.2 Å². The van der Waals surface area contributed by atoms with Crippen LogP contribution in [0.25, 0.3) is 0 Å². The molecule has 18 heavy (non-hydrogen) atoms. The lowest BCUT2D eigenvalue weighted by Gasteiger charge is -2.32. The Morgan fingerprint density at radius 1 is 1.50 bits per heavy atom. The lowest BCUT2D eigenvalue weighted by atomic mass is 10.2. The molecule has 0 spiro atoms. The monoisotopic (exact) mass is 258 g/mol. The summed E-state index contributed by atoms with van der Waals surface area (Å²) in [5.74, 6) is -0.333. The molecule has 1 saturated heterocycles. The average molecular weight is 258 g/mol. The van der Waals surface area contributed by atoms with E-state index in [9.17, 15) is 9.59 Å². The van der Waals surface area contributed by atoms with Crippen molar-refractivity contribution >= 4 is 11.9 Å². The van der Waals surface area contributed by atoms with Gasteiger partial charge in [-0.15, -0.1) is 0 Å². The predicted molar refractivity (Wildman–Crippen MR) is 66.1 cm³/mol. The van der Waals surface area contributed by atoms with Crippen LogP contribution in [-0.2, 0) is 19.1 Å². The van der Waals surface area contributed by atoms with Gasteiger partial charge in [-0.2, -0.15) is 0 Å². The van der Waals surface area contributed by atoms with Crippen molar-refractivity contribution in [2.75, 3.05) is 40.4 Å². The summed E-state index contributed by atoms with van der Waals surface area (Å²) >= 11 is 0. The predicted octanol–water partition coefficient (Wildman–Crippen LogP) is -0.273. The second-order valence-electron chi connectivity index (χ2n) is 4.72. The molecule has 0 N–H and O–H groups in total. The van der Waals surface area contributed by atoms with Crippen LogP contribution in [-0.4, -0.2) is 74.2 Å². The largest absolute Gasteiger partial charge is 0.467 e. The zero-order valence-corrected chi connectivity index (χ0v) is 11.5. The van der Waals surface area contributed by atoms with E-state index < -0.39 is 6.10 Å². The van der Waals surface area contributed by atoms with Crippen molar-refractivity contribution < 1.29 is 19.1 Å². The Morgan fingerprint density at radius 3 is 2.72 bits per heavy atom. The summed E-state index contributed by atoms with van der Waals surface area (Å²) in [5.41, 5.74) is 0. The van der Waals surface area contributed by atoms with Crippen LogP contribution in [0.4, 0.5) is 0 Å². The first-order valence-corrected chi connectivity index (χ1v) is 6.13. The third-order valence-electron chi connectivity index (χ3n) is 3.14. The van der Waals surface area contributed by atoms with Gasteiger partial charge in [0, 0.05) is 26.2 Å². The third kappa shape index (κ3) is 3.96. The van der Waals surface area contributed by atoms with E-state index in [0.717, 1.165) is 0 Å². The molecule has 0 aromatic heterocycles. The van der Waals surface area contributed by atoms with E-state index in [4.69, 9.17) is 4.74 Å². The van der Waals surface area contributed by atoms with E-state index in [1.165, 1.54) is 7.11 Å². The fourth-order valence-corrected chi connectivity index (χ4v) is 1.71. The van der Waals surface area contributed by atoms with Crippen LogP contribution < -0.4 is 0 Å². The van der Waals surface area contributed by atoms with E-state index in [1.807, 2.05) is 18.7 Å². The van der Waals surface area contributed by atoms with Crippen molar-refractivity contribution in [3.8, 4) is 0 Å². The molecule has 0 bridgehead atoms. The molecule has 1 fully saturated rings. The van der Waals surface area contributed by atoms with Crippen LogP contribution in [0.2, 0.25) is 0 Å². The molecule has 0 saturated carbocycles. The van der Waals surface area contributed by atoms with Crippen LogP contribution in [0.15, 0.2) is 0 Å². The smallest absolute Gasteiger partial charge is 0.336 e. The van der Waals surface area contributed by atoms with Crippen molar-refractivity contribution in [3.05, 3.63) is 0 Å². The van der Waals surface area contributed by atoms with Crippen LogP contribution in [0.5, 0.6) is 0 Å². The first kappa shape index (κ1) is 14.9. The van der Waals surface area contributed by atoms with Crippen LogP contribution >= 0.6 is 0 Å². The minimum atomic E-state index is -0.582. The minimum absolute atomic E-state index is 0.0514. The maximum Gasteiger partial charge on any atom is 0.336 e. The van der Waals surface area contributed by atoms with Crippen molar-refractivity contribution in [1.82, 2.24) is 9.80 Å². The summed E-state index contributed by atoms with van der Waals surface area (Å²) in [5, 5.41) is 0. The van der Waals surface area contributed by atoms with E-state index in [2.05, 4.69) is 4.74 Å². The molecule has 6 heteroatoms. The summed E-state index contributed by atoms with van der Waals surface area (Å²) in [6.45, 7) is 5.75. The van der Waals surface area contributed by atoms with E-state index in [1.54, 1.807) is 11.9 Å². The molecule has 1 amide bonds. The topological polar surface area (TPSA) is 59.1 Å². The molecule has 0 aromatic rings. The van der Waals surface area contributed by atoms with Crippen LogP contribution in [0, 0.1) is 0 Å². The molecule has 1 rings (SSSR count). The number of carbonyl (C=O) groups excluding carboxylic acids is 2. The highest BCUT2D eigenvalue weighted by Crippen LogP contribution is 2.07. The SMILES string of the molecule is COC(=O)C1CN(CC(=O)N(C)C(C)C)CCO1. The molecule has 1 unspecified atom stereocenters. The van der Waals surface area contributed by atoms with Crippen LogP contribution in [0.3, 0.4) is 0 Å².